The van der Waals surface area contributed by atoms with Crippen molar-refractivity contribution in [2.75, 3.05) is 13.7 Å². The zero-order valence-corrected chi connectivity index (χ0v) is 16.4. The van der Waals surface area contributed by atoms with Gasteiger partial charge in [-0.05, 0) is 55.7 Å². The number of para-hydroxylation sites is 1. The molecule has 148 valence electrons. The van der Waals surface area contributed by atoms with Crippen molar-refractivity contribution < 1.29 is 24.2 Å². The molecule has 0 atom stereocenters. The van der Waals surface area contributed by atoms with Crippen LogP contribution < -0.4 is 20.0 Å². The maximum absolute atomic E-state index is 12.0. The fourth-order valence-electron chi connectivity index (χ4n) is 2.70. The summed E-state index contributed by atoms with van der Waals surface area (Å²) in [5.74, 6) is -0.473. The Labute approximate surface area is 164 Å². The Morgan fingerprint density at radius 3 is 2.43 bits per heavy atom. The van der Waals surface area contributed by atoms with E-state index in [-0.39, 0.29) is 13.0 Å². The van der Waals surface area contributed by atoms with Crippen molar-refractivity contribution in [2.45, 2.75) is 27.2 Å². The van der Waals surface area contributed by atoms with E-state index in [1.807, 2.05) is 32.0 Å². The smallest absolute Gasteiger partial charge is 0.277 e. The van der Waals surface area contributed by atoms with Crippen LogP contribution in [0.15, 0.2) is 41.5 Å². The molecule has 2 aromatic carbocycles. The highest BCUT2D eigenvalue weighted by atomic mass is 16.5. The molecule has 0 saturated carbocycles. The molecule has 0 aliphatic heterocycles. The molecule has 2 aromatic rings. The number of carbonyl (C=O) groups excluding carboxylic acids is 2. The predicted octanol–water partition coefficient (Wildman–Crippen LogP) is 1.52. The van der Waals surface area contributed by atoms with Crippen LogP contribution in [0.1, 0.15) is 29.2 Å². The second-order valence-electron chi connectivity index (χ2n) is 6.32. The molecular weight excluding hydrogens is 360 g/mol. The summed E-state index contributed by atoms with van der Waals surface area (Å²) in [6, 6.07) is 10.8. The second-order valence-corrected chi connectivity index (χ2v) is 6.32. The molecule has 7 nitrogen and oxygen atoms in total. The maximum atomic E-state index is 12.0. The Morgan fingerprint density at radius 1 is 1.14 bits per heavy atom. The number of hydrogen-bond acceptors (Lipinski definition) is 6. The topological polar surface area (TPSA) is 100 Å². The van der Waals surface area contributed by atoms with E-state index in [2.05, 4.69) is 10.5 Å². The average molecular weight is 383 g/mol. The summed E-state index contributed by atoms with van der Waals surface area (Å²) in [6.45, 7) is 5.37. The molecular formula is C21H23N2O5-. The van der Waals surface area contributed by atoms with Crippen molar-refractivity contribution in [2.24, 2.45) is 5.10 Å². The van der Waals surface area contributed by atoms with Crippen molar-refractivity contribution in [1.82, 2.24) is 5.43 Å². The molecule has 0 aromatic heterocycles. The van der Waals surface area contributed by atoms with Crippen molar-refractivity contribution >= 4 is 17.6 Å². The van der Waals surface area contributed by atoms with Crippen LogP contribution in [0.5, 0.6) is 11.5 Å². The fraction of sp³-hybridized carbons (Fsp3) is 0.286. The minimum Gasteiger partial charge on any atom is -0.550 e. The van der Waals surface area contributed by atoms with Crippen LogP contribution in [0, 0.1) is 13.8 Å². The molecule has 0 spiro atoms. The summed E-state index contributed by atoms with van der Waals surface area (Å²) >= 11 is 0. The van der Waals surface area contributed by atoms with Gasteiger partial charge in [-0.1, -0.05) is 18.2 Å². The summed E-state index contributed by atoms with van der Waals surface area (Å²) < 4.78 is 10.7. The minimum absolute atomic E-state index is 0.166. The number of aliphatic carboxylic acids is 1. The highest BCUT2D eigenvalue weighted by Gasteiger charge is 2.09. The Balaban J connectivity index is 2.03. The van der Waals surface area contributed by atoms with E-state index in [4.69, 9.17) is 9.47 Å². The van der Waals surface area contributed by atoms with Gasteiger partial charge in [-0.25, -0.2) is 5.43 Å². The van der Waals surface area contributed by atoms with E-state index in [9.17, 15) is 14.7 Å². The van der Waals surface area contributed by atoms with Crippen LogP contribution in [-0.2, 0) is 16.0 Å². The molecule has 0 fully saturated rings. The Bertz CT molecular complexity index is 885. The summed E-state index contributed by atoms with van der Waals surface area (Å²) in [4.78, 5) is 22.9. The van der Waals surface area contributed by atoms with E-state index < -0.39 is 11.9 Å². The van der Waals surface area contributed by atoms with Crippen molar-refractivity contribution in [3.8, 4) is 11.5 Å². The lowest BCUT2D eigenvalue weighted by molar-refractivity contribution is -0.304. The van der Waals surface area contributed by atoms with Crippen LogP contribution in [0.4, 0.5) is 0 Å². The fourth-order valence-corrected chi connectivity index (χ4v) is 2.70. The monoisotopic (exact) mass is 383 g/mol. The molecule has 0 bridgehead atoms. The normalized spacial score (nSPS) is 11.1. The minimum atomic E-state index is -1.21. The van der Waals surface area contributed by atoms with E-state index >= 15 is 0 Å². The SMILES string of the molecule is COc1ccc(/C(C)=N\NC(=O)COc2c(C)cccc2C)cc1CC(=O)[O-]. The van der Waals surface area contributed by atoms with Crippen molar-refractivity contribution in [3.63, 3.8) is 0 Å². The van der Waals surface area contributed by atoms with Gasteiger partial charge < -0.3 is 19.4 Å². The lowest BCUT2D eigenvalue weighted by atomic mass is 10.0. The molecule has 0 unspecified atom stereocenters. The van der Waals surface area contributed by atoms with Crippen LogP contribution in [-0.4, -0.2) is 31.3 Å². The Kier molecular flexibility index (Phi) is 7.14. The van der Waals surface area contributed by atoms with Gasteiger partial charge in [0, 0.05) is 18.0 Å². The summed E-state index contributed by atoms with van der Waals surface area (Å²) in [5, 5.41) is 15.0. The van der Waals surface area contributed by atoms with Crippen LogP contribution >= 0.6 is 0 Å². The standard InChI is InChI=1S/C21H24N2O5/c1-13-6-5-7-14(2)21(13)28-12-19(24)23-22-15(3)16-8-9-18(27-4)17(10-16)11-20(25)26/h5-10H,11-12H2,1-4H3,(H,23,24)(H,25,26)/p-1/b22-15-. The molecule has 0 heterocycles. The van der Waals surface area contributed by atoms with Crippen molar-refractivity contribution in [1.29, 1.82) is 0 Å². The quantitative estimate of drug-likeness (QED) is 0.550. The largest absolute Gasteiger partial charge is 0.550 e. The summed E-state index contributed by atoms with van der Waals surface area (Å²) in [6.07, 6.45) is -0.278. The molecule has 2 rings (SSSR count). The number of benzene rings is 2. The molecule has 0 aliphatic carbocycles. The first-order valence-corrected chi connectivity index (χ1v) is 8.71. The Morgan fingerprint density at radius 2 is 1.82 bits per heavy atom. The lowest BCUT2D eigenvalue weighted by Crippen LogP contribution is -2.26. The molecule has 0 aliphatic rings. The average Bonchev–Trinajstić information content (AvgIpc) is 2.65. The van der Waals surface area contributed by atoms with Gasteiger partial charge in [0.1, 0.15) is 11.5 Å². The van der Waals surface area contributed by atoms with Crippen LogP contribution in [0.2, 0.25) is 0 Å². The van der Waals surface area contributed by atoms with Gasteiger partial charge in [-0.2, -0.15) is 5.10 Å². The number of aryl methyl sites for hydroxylation is 2. The van der Waals surface area contributed by atoms with Gasteiger partial charge in [-0.15, -0.1) is 0 Å². The number of rotatable bonds is 8. The van der Waals surface area contributed by atoms with E-state index in [1.165, 1.54) is 7.11 Å². The first kappa shape index (κ1) is 21.0. The number of amides is 1. The van der Waals surface area contributed by atoms with Gasteiger partial charge in [0.25, 0.3) is 5.91 Å². The third kappa shape index (κ3) is 5.57. The third-order valence-electron chi connectivity index (χ3n) is 4.14. The number of carbonyl (C=O) groups is 2. The molecule has 1 amide bonds. The number of nitrogens with one attached hydrogen (secondary N) is 1. The molecule has 0 saturated heterocycles. The zero-order valence-electron chi connectivity index (χ0n) is 16.4. The second kappa shape index (κ2) is 9.55. The first-order valence-electron chi connectivity index (χ1n) is 8.71. The summed E-state index contributed by atoms with van der Waals surface area (Å²) in [7, 11) is 1.46. The first-order chi connectivity index (χ1) is 13.3. The number of methoxy groups -OCH3 is 1. The highest BCUT2D eigenvalue weighted by Crippen LogP contribution is 2.22. The van der Waals surface area contributed by atoms with Crippen molar-refractivity contribution in [3.05, 3.63) is 58.7 Å². The number of nitrogens with zero attached hydrogens (tertiary/aromatic N) is 1. The third-order valence-corrected chi connectivity index (χ3v) is 4.14. The maximum Gasteiger partial charge on any atom is 0.277 e. The number of ether oxygens (including phenoxy) is 2. The van der Waals surface area contributed by atoms with Gasteiger partial charge >= 0.3 is 0 Å². The molecule has 0 radical (unpaired) electrons. The van der Waals surface area contributed by atoms with Gasteiger partial charge in [0.05, 0.1) is 12.8 Å². The number of hydrazone groups is 1. The van der Waals surface area contributed by atoms with Gasteiger partial charge in [0.2, 0.25) is 0 Å². The van der Waals surface area contributed by atoms with Gasteiger partial charge in [0.15, 0.2) is 6.61 Å². The van der Waals surface area contributed by atoms with E-state index in [0.717, 1.165) is 11.1 Å². The Hall–Kier alpha value is -3.35. The molecule has 1 N–H and O–H groups in total. The number of carboxylic acid groups (broad SMARTS) is 1. The highest BCUT2D eigenvalue weighted by molar-refractivity contribution is 5.99. The molecule has 7 heteroatoms. The lowest BCUT2D eigenvalue weighted by Gasteiger charge is -2.12. The molecule has 28 heavy (non-hydrogen) atoms. The number of carboxylic acids is 1. The van der Waals surface area contributed by atoms with Gasteiger partial charge in [-0.3, -0.25) is 4.79 Å². The summed E-state index contributed by atoms with van der Waals surface area (Å²) in [5.41, 5.74) is 5.99. The van der Waals surface area contributed by atoms with Crippen LogP contribution in [0.25, 0.3) is 0 Å². The van der Waals surface area contributed by atoms with E-state index in [0.29, 0.717) is 28.3 Å². The van der Waals surface area contributed by atoms with E-state index in [1.54, 1.807) is 25.1 Å². The predicted molar refractivity (Wildman–Crippen MR) is 103 cm³/mol. The zero-order chi connectivity index (χ0) is 20.7. The van der Waals surface area contributed by atoms with Crippen LogP contribution in [0.3, 0.4) is 0 Å². The number of hydrogen-bond donors (Lipinski definition) is 1.